The molecule has 1 amide bonds. The average Bonchev–Trinajstić information content (AvgIpc) is 3.37. The first-order valence-corrected chi connectivity index (χ1v) is 12.2. The molecule has 3 aromatic heterocycles. The number of carboxylic acids is 1. The highest BCUT2D eigenvalue weighted by molar-refractivity contribution is 7.07. The van der Waals surface area contributed by atoms with Crippen LogP contribution in [-0.2, 0) is 7.05 Å². The molecule has 11 heteroatoms. The Morgan fingerprint density at radius 3 is 2.50 bits per heavy atom. The van der Waals surface area contributed by atoms with Crippen LogP contribution in [0.5, 0.6) is 5.88 Å². The van der Waals surface area contributed by atoms with E-state index in [-0.39, 0.29) is 41.1 Å². The summed E-state index contributed by atoms with van der Waals surface area (Å²) in [6.07, 6.45) is -0.149. The maximum absolute atomic E-state index is 13.3. The topological polar surface area (TPSA) is 110 Å². The summed E-state index contributed by atoms with van der Waals surface area (Å²) in [4.78, 5) is 35.3. The Kier molecular flexibility index (Phi) is 5.29. The number of aryl methyl sites for hydroxylation is 1. The number of aromatic nitrogens is 4. The molecule has 4 aromatic rings. The van der Waals surface area contributed by atoms with Gasteiger partial charge in [-0.15, -0.1) is 11.3 Å². The van der Waals surface area contributed by atoms with Crippen molar-refractivity contribution in [3.8, 4) is 28.5 Å². The highest BCUT2D eigenvalue weighted by Gasteiger charge is 2.59. The molecule has 6 rings (SSSR count). The van der Waals surface area contributed by atoms with Crippen molar-refractivity contribution in [3.05, 3.63) is 70.4 Å². The van der Waals surface area contributed by atoms with Crippen LogP contribution in [0.4, 0.5) is 4.39 Å². The average molecular weight is 506 g/mol. The summed E-state index contributed by atoms with van der Waals surface area (Å²) in [5.41, 5.74) is 4.64. The third-order valence-electron chi connectivity index (χ3n) is 6.64. The summed E-state index contributed by atoms with van der Waals surface area (Å²) in [6.45, 7) is 1.07. The maximum atomic E-state index is 13.3. The number of hydrogen-bond acceptors (Lipinski definition) is 7. The Morgan fingerprint density at radius 1 is 1.08 bits per heavy atom. The van der Waals surface area contributed by atoms with E-state index < -0.39 is 5.97 Å². The monoisotopic (exact) mass is 505 g/mol. The zero-order valence-corrected chi connectivity index (χ0v) is 19.9. The minimum atomic E-state index is -1.11. The highest BCUT2D eigenvalue weighted by atomic mass is 32.1. The Bertz CT molecular complexity index is 1460. The number of piperidine rings is 1. The molecule has 0 bridgehead atoms. The van der Waals surface area contributed by atoms with E-state index in [0.29, 0.717) is 35.7 Å². The summed E-state index contributed by atoms with van der Waals surface area (Å²) in [5, 5.41) is 15.8. The van der Waals surface area contributed by atoms with E-state index in [4.69, 9.17) is 4.74 Å². The van der Waals surface area contributed by atoms with Crippen molar-refractivity contribution in [2.75, 3.05) is 13.1 Å². The summed E-state index contributed by atoms with van der Waals surface area (Å²) in [6, 6.07) is 10.3. The van der Waals surface area contributed by atoms with E-state index in [1.165, 1.54) is 35.6 Å². The number of benzene rings is 1. The van der Waals surface area contributed by atoms with Gasteiger partial charge in [0.05, 0.1) is 16.8 Å². The minimum Gasteiger partial charge on any atom is -0.478 e. The Balaban J connectivity index is 1.15. The summed E-state index contributed by atoms with van der Waals surface area (Å²) >= 11 is 1.47. The molecule has 1 N–H and O–H groups in total. The van der Waals surface area contributed by atoms with Gasteiger partial charge in [-0.25, -0.2) is 19.2 Å². The SMILES string of the molecule is Cn1nc(-c2cscn2)cc1C(=O)N1C[C@@H]2[C@H](C1)[C@@H]2Oc1cc(C(=O)O)cc(-c2ccc(F)cc2)n1. The number of aromatic carboxylic acids is 1. The van der Waals surface area contributed by atoms with E-state index in [1.54, 1.807) is 40.3 Å². The Morgan fingerprint density at radius 2 is 1.83 bits per heavy atom. The number of carbonyl (C=O) groups excluding carboxylic acids is 1. The molecule has 1 aliphatic heterocycles. The zero-order chi connectivity index (χ0) is 25.0. The van der Waals surface area contributed by atoms with Crippen LogP contribution in [0, 0.1) is 17.7 Å². The quantitative estimate of drug-likeness (QED) is 0.426. The minimum absolute atomic E-state index is 0.0362. The van der Waals surface area contributed by atoms with Crippen molar-refractivity contribution in [2.24, 2.45) is 18.9 Å². The lowest BCUT2D eigenvalue weighted by Crippen LogP contribution is -2.34. The molecular formula is C25H20FN5O4S. The third-order valence-corrected chi connectivity index (χ3v) is 7.23. The van der Waals surface area contributed by atoms with Crippen LogP contribution >= 0.6 is 11.3 Å². The molecule has 1 saturated carbocycles. The van der Waals surface area contributed by atoms with E-state index in [2.05, 4.69) is 15.1 Å². The lowest BCUT2D eigenvalue weighted by molar-refractivity contribution is 0.0692. The smallest absolute Gasteiger partial charge is 0.335 e. The fourth-order valence-corrected chi connectivity index (χ4v) is 5.25. The third kappa shape index (κ3) is 4.01. The van der Waals surface area contributed by atoms with Crippen LogP contribution in [0.3, 0.4) is 0 Å². The molecule has 9 nitrogen and oxygen atoms in total. The lowest BCUT2D eigenvalue weighted by atomic mass is 10.1. The molecule has 1 aromatic carbocycles. The number of rotatable bonds is 6. The number of halogens is 1. The fraction of sp³-hybridized carbons (Fsp3) is 0.240. The number of thiazole rings is 1. The van der Waals surface area contributed by atoms with Crippen LogP contribution in [-0.4, -0.2) is 60.8 Å². The number of pyridine rings is 1. The number of likely N-dealkylation sites (tertiary alicyclic amines) is 1. The van der Waals surface area contributed by atoms with E-state index >= 15 is 0 Å². The van der Waals surface area contributed by atoms with Gasteiger partial charge in [0.2, 0.25) is 5.88 Å². The largest absolute Gasteiger partial charge is 0.478 e. The van der Waals surface area contributed by atoms with Crippen molar-refractivity contribution in [3.63, 3.8) is 0 Å². The summed E-state index contributed by atoms with van der Waals surface area (Å²) < 4.78 is 21.0. The van der Waals surface area contributed by atoms with Gasteiger partial charge in [-0.1, -0.05) is 0 Å². The van der Waals surface area contributed by atoms with E-state index in [0.717, 1.165) is 5.69 Å². The predicted molar refractivity (Wildman–Crippen MR) is 128 cm³/mol. The number of amides is 1. The molecule has 2 aliphatic rings. The highest BCUT2D eigenvalue weighted by Crippen LogP contribution is 2.48. The first-order valence-electron chi connectivity index (χ1n) is 11.3. The Hall–Kier alpha value is -4.12. The maximum Gasteiger partial charge on any atom is 0.335 e. The Labute approximate surface area is 208 Å². The summed E-state index contributed by atoms with van der Waals surface area (Å²) in [5.74, 6) is -1.10. The van der Waals surface area contributed by atoms with Crippen LogP contribution in [0.1, 0.15) is 20.8 Å². The van der Waals surface area contributed by atoms with Gasteiger partial charge in [-0.05, 0) is 36.4 Å². The normalized spacial score (nSPS) is 20.3. The molecule has 1 saturated heterocycles. The second-order valence-corrected chi connectivity index (χ2v) is 9.64. The second kappa shape index (κ2) is 8.52. The van der Waals surface area contributed by atoms with Crippen molar-refractivity contribution in [2.45, 2.75) is 6.10 Å². The van der Waals surface area contributed by atoms with Gasteiger partial charge in [-0.2, -0.15) is 5.10 Å². The van der Waals surface area contributed by atoms with Crippen molar-refractivity contribution >= 4 is 23.2 Å². The second-order valence-electron chi connectivity index (χ2n) is 8.92. The van der Waals surface area contributed by atoms with Gasteiger partial charge in [-0.3, -0.25) is 9.48 Å². The molecule has 0 spiro atoms. The van der Waals surface area contributed by atoms with E-state index in [1.807, 2.05) is 5.38 Å². The number of hydrogen-bond donors (Lipinski definition) is 1. The van der Waals surface area contributed by atoms with Crippen LogP contribution in [0.25, 0.3) is 22.6 Å². The lowest BCUT2D eigenvalue weighted by Gasteiger charge is -2.20. The van der Waals surface area contributed by atoms with Gasteiger partial charge >= 0.3 is 5.97 Å². The van der Waals surface area contributed by atoms with Crippen LogP contribution < -0.4 is 4.74 Å². The molecule has 1 aliphatic carbocycles. The number of nitrogens with zero attached hydrogens (tertiary/aromatic N) is 5. The predicted octanol–water partition coefficient (Wildman–Crippen LogP) is 3.59. The number of carboxylic acid groups (broad SMARTS) is 1. The first kappa shape index (κ1) is 22.4. The fourth-order valence-electron chi connectivity index (χ4n) is 4.70. The molecule has 2 fully saturated rings. The molecular weight excluding hydrogens is 485 g/mol. The van der Waals surface area contributed by atoms with Crippen LogP contribution in [0.2, 0.25) is 0 Å². The van der Waals surface area contributed by atoms with E-state index in [9.17, 15) is 19.1 Å². The van der Waals surface area contributed by atoms with Crippen molar-refractivity contribution < 1.29 is 23.8 Å². The first-order chi connectivity index (χ1) is 17.4. The van der Waals surface area contributed by atoms with Gasteiger partial charge in [0, 0.05) is 49.0 Å². The van der Waals surface area contributed by atoms with Crippen LogP contribution in [0.15, 0.2) is 53.4 Å². The molecule has 3 atom stereocenters. The number of ether oxygens (including phenoxy) is 1. The van der Waals surface area contributed by atoms with Gasteiger partial charge in [0.15, 0.2) is 0 Å². The molecule has 0 unspecified atom stereocenters. The number of carbonyl (C=O) groups is 2. The molecule has 36 heavy (non-hydrogen) atoms. The molecule has 0 radical (unpaired) electrons. The molecule has 4 heterocycles. The zero-order valence-electron chi connectivity index (χ0n) is 19.0. The molecule has 182 valence electrons. The standard InChI is InChI=1S/C25H20FN5O4S/c1-30-21(8-19(29-30)20-11-36-12-27-20)24(32)31-9-16-17(10-31)23(16)35-22-7-14(25(33)34)6-18(28-22)13-2-4-15(26)5-3-13/h2-8,11-12,16-17,23H,9-10H2,1H3,(H,33,34)/t16-,17+,23-. The van der Waals surface area contributed by atoms with Gasteiger partial charge < -0.3 is 14.7 Å². The van der Waals surface area contributed by atoms with Gasteiger partial charge in [0.25, 0.3) is 5.91 Å². The van der Waals surface area contributed by atoms with Crippen molar-refractivity contribution in [1.29, 1.82) is 0 Å². The van der Waals surface area contributed by atoms with Gasteiger partial charge in [0.1, 0.15) is 29.0 Å². The van der Waals surface area contributed by atoms with Crippen molar-refractivity contribution in [1.82, 2.24) is 24.6 Å². The summed E-state index contributed by atoms with van der Waals surface area (Å²) in [7, 11) is 1.74. The number of fused-ring (bicyclic) bond motifs is 1.